The molecule has 0 aliphatic heterocycles. The van der Waals surface area contributed by atoms with Gasteiger partial charge in [-0.2, -0.15) is 0 Å². The fourth-order valence-corrected chi connectivity index (χ4v) is 1.54. The Kier molecular flexibility index (Phi) is 3.01. The smallest absolute Gasteiger partial charge is 0.423 e. The van der Waals surface area contributed by atoms with Crippen molar-refractivity contribution >= 4 is 18.5 Å². The van der Waals surface area contributed by atoms with Crippen molar-refractivity contribution in [3.63, 3.8) is 0 Å². The molecule has 0 aromatic carbocycles. The highest BCUT2D eigenvalue weighted by Gasteiger charge is 2.57. The van der Waals surface area contributed by atoms with Gasteiger partial charge < -0.3 is 14.9 Å². The molecule has 5 nitrogen and oxygen atoms in total. The number of anilines is 1. The third-order valence-electron chi connectivity index (χ3n) is 2.75. The van der Waals surface area contributed by atoms with Crippen LogP contribution in [0.4, 0.5) is 14.7 Å². The van der Waals surface area contributed by atoms with Crippen molar-refractivity contribution in [2.75, 3.05) is 18.5 Å². The maximum absolute atomic E-state index is 12.7. The predicted molar refractivity (Wildman–Crippen MR) is 58.2 cm³/mol. The van der Waals surface area contributed by atoms with Crippen LogP contribution in [-0.2, 0) is 0 Å². The summed E-state index contributed by atoms with van der Waals surface area (Å²) in [6, 6.07) is 0. The molecule has 0 spiro atoms. The highest BCUT2D eigenvalue weighted by molar-refractivity contribution is 6.58. The van der Waals surface area contributed by atoms with E-state index in [0.29, 0.717) is 0 Å². The van der Waals surface area contributed by atoms with Crippen LogP contribution >= 0.6 is 0 Å². The average Bonchev–Trinajstić information content (AvgIpc) is 2.86. The second-order valence-electron chi connectivity index (χ2n) is 4.23. The molecule has 1 heterocycles. The van der Waals surface area contributed by atoms with Crippen LogP contribution in [0.1, 0.15) is 6.42 Å². The lowest BCUT2D eigenvalue weighted by Gasteiger charge is -2.16. The number of hydrogen-bond donors (Lipinski definition) is 2. The first kappa shape index (κ1) is 12.2. The fraction of sp³-hybridized carbons (Fsp3) is 0.556. The highest BCUT2D eigenvalue weighted by atomic mass is 19.3. The van der Waals surface area contributed by atoms with Crippen molar-refractivity contribution in [1.29, 1.82) is 0 Å². The summed E-state index contributed by atoms with van der Waals surface area (Å²) in [5.74, 6) is -2.91. The Hall–Kier alpha value is -1.28. The Bertz CT molecular complexity index is 402. The molecule has 1 aliphatic rings. The Morgan fingerprint density at radius 2 is 2.00 bits per heavy atom. The van der Waals surface area contributed by atoms with Crippen LogP contribution in [0.15, 0.2) is 12.4 Å². The molecule has 2 N–H and O–H groups in total. The lowest BCUT2D eigenvalue weighted by molar-refractivity contribution is 0.100. The van der Waals surface area contributed by atoms with Gasteiger partial charge in [0.25, 0.3) is 5.92 Å². The first-order valence-corrected chi connectivity index (χ1v) is 5.17. The van der Waals surface area contributed by atoms with Crippen LogP contribution in [-0.4, -0.2) is 46.6 Å². The molecule has 1 aromatic rings. The molecule has 1 atom stereocenters. The van der Waals surface area contributed by atoms with Crippen LogP contribution in [0, 0.1) is 5.92 Å². The molecular formula is C9H12BF2N3O2. The van der Waals surface area contributed by atoms with E-state index in [1.54, 1.807) is 7.05 Å². The minimum atomic E-state index is -2.56. The van der Waals surface area contributed by atoms with Crippen LogP contribution in [0.3, 0.4) is 0 Å². The Labute approximate surface area is 97.3 Å². The molecule has 8 heteroatoms. The molecule has 0 saturated heterocycles. The summed E-state index contributed by atoms with van der Waals surface area (Å²) < 4.78 is 25.4. The van der Waals surface area contributed by atoms with Gasteiger partial charge in [0, 0.05) is 43.8 Å². The molecular weight excluding hydrogens is 231 g/mol. The fourth-order valence-electron chi connectivity index (χ4n) is 1.54. The topological polar surface area (TPSA) is 69.5 Å². The predicted octanol–water partition coefficient (Wildman–Crippen LogP) is -0.752. The summed E-state index contributed by atoms with van der Waals surface area (Å²) in [6.07, 6.45) is 2.42. The normalized spacial score (nSPS) is 21.1. The minimum absolute atomic E-state index is 0.0925. The summed E-state index contributed by atoms with van der Waals surface area (Å²) in [6.45, 7) is 0.189. The van der Waals surface area contributed by atoms with Crippen molar-refractivity contribution in [2.24, 2.45) is 5.92 Å². The van der Waals surface area contributed by atoms with Crippen molar-refractivity contribution in [3.05, 3.63) is 12.4 Å². The zero-order valence-electron chi connectivity index (χ0n) is 9.22. The highest BCUT2D eigenvalue weighted by Crippen LogP contribution is 2.48. The van der Waals surface area contributed by atoms with Crippen LogP contribution < -0.4 is 10.4 Å². The van der Waals surface area contributed by atoms with E-state index in [2.05, 4.69) is 9.97 Å². The standard InChI is InChI=1S/C9H12BF2N3O2/c1-15(5-6-2-9(6,11)12)8-13-3-7(4-14-8)10(16)17/h3-4,6,16-17H,2,5H2,1H3. The van der Waals surface area contributed by atoms with E-state index in [9.17, 15) is 8.78 Å². The van der Waals surface area contributed by atoms with Crippen molar-refractivity contribution in [3.8, 4) is 0 Å². The van der Waals surface area contributed by atoms with Crippen LogP contribution in [0.25, 0.3) is 0 Å². The summed E-state index contributed by atoms with van der Waals surface area (Å²) in [5, 5.41) is 17.7. The maximum Gasteiger partial charge on any atom is 0.491 e. The number of aromatic nitrogens is 2. The number of hydrogen-bond acceptors (Lipinski definition) is 5. The van der Waals surface area contributed by atoms with Gasteiger partial charge in [0.15, 0.2) is 0 Å². The molecule has 1 saturated carbocycles. The Morgan fingerprint density at radius 1 is 1.47 bits per heavy atom. The maximum atomic E-state index is 12.7. The summed E-state index contributed by atoms with van der Waals surface area (Å²) in [4.78, 5) is 9.28. The van der Waals surface area contributed by atoms with E-state index in [-0.39, 0.29) is 24.4 Å². The molecule has 17 heavy (non-hydrogen) atoms. The van der Waals surface area contributed by atoms with Gasteiger partial charge >= 0.3 is 7.12 Å². The zero-order chi connectivity index (χ0) is 12.6. The number of nitrogens with zero attached hydrogens (tertiary/aromatic N) is 3. The molecule has 0 bridgehead atoms. The van der Waals surface area contributed by atoms with Gasteiger partial charge in [0.05, 0.1) is 0 Å². The van der Waals surface area contributed by atoms with Gasteiger partial charge in [0.2, 0.25) is 5.95 Å². The lowest BCUT2D eigenvalue weighted by Crippen LogP contribution is -2.32. The number of halogens is 2. The molecule has 92 valence electrons. The first-order valence-electron chi connectivity index (χ1n) is 5.17. The van der Waals surface area contributed by atoms with Gasteiger partial charge in [-0.25, -0.2) is 18.7 Å². The largest absolute Gasteiger partial charge is 0.491 e. The third-order valence-corrected chi connectivity index (χ3v) is 2.75. The average molecular weight is 243 g/mol. The van der Waals surface area contributed by atoms with Gasteiger partial charge in [-0.3, -0.25) is 0 Å². The molecule has 1 fully saturated rings. The van der Waals surface area contributed by atoms with Gasteiger partial charge in [0.1, 0.15) is 0 Å². The van der Waals surface area contributed by atoms with Crippen molar-refractivity contribution in [2.45, 2.75) is 12.3 Å². The van der Waals surface area contributed by atoms with Crippen molar-refractivity contribution in [1.82, 2.24) is 9.97 Å². The molecule has 2 rings (SSSR count). The van der Waals surface area contributed by atoms with E-state index in [0.717, 1.165) is 0 Å². The minimum Gasteiger partial charge on any atom is -0.423 e. The monoisotopic (exact) mass is 243 g/mol. The molecule has 1 aromatic heterocycles. The summed E-state index contributed by atoms with van der Waals surface area (Å²) >= 11 is 0. The summed E-state index contributed by atoms with van der Waals surface area (Å²) in [7, 11) is 0.000755. The second-order valence-corrected chi connectivity index (χ2v) is 4.23. The van der Waals surface area contributed by atoms with Gasteiger partial charge in [-0.15, -0.1) is 0 Å². The second kappa shape index (κ2) is 4.19. The van der Waals surface area contributed by atoms with E-state index < -0.39 is 19.0 Å². The van der Waals surface area contributed by atoms with Crippen LogP contribution in [0.2, 0.25) is 0 Å². The Morgan fingerprint density at radius 3 is 2.41 bits per heavy atom. The number of rotatable bonds is 4. The lowest BCUT2D eigenvalue weighted by atomic mass is 9.83. The SMILES string of the molecule is CN(CC1CC1(F)F)c1ncc(B(O)O)cn1. The molecule has 0 radical (unpaired) electrons. The summed E-state index contributed by atoms with van der Waals surface area (Å²) in [5.41, 5.74) is 0.166. The first-order chi connectivity index (χ1) is 7.90. The van der Waals surface area contributed by atoms with E-state index >= 15 is 0 Å². The quantitative estimate of drug-likeness (QED) is 0.681. The molecule has 0 amide bonds. The van der Waals surface area contributed by atoms with E-state index in [1.165, 1.54) is 17.3 Å². The Balaban J connectivity index is 1.97. The number of alkyl halides is 2. The van der Waals surface area contributed by atoms with Gasteiger partial charge in [-0.1, -0.05) is 0 Å². The molecule has 1 aliphatic carbocycles. The van der Waals surface area contributed by atoms with Crippen molar-refractivity contribution < 1.29 is 18.8 Å². The third kappa shape index (κ3) is 2.70. The zero-order valence-corrected chi connectivity index (χ0v) is 9.22. The molecule has 1 unspecified atom stereocenters. The van der Waals surface area contributed by atoms with E-state index in [1.807, 2.05) is 0 Å². The van der Waals surface area contributed by atoms with Crippen LogP contribution in [0.5, 0.6) is 0 Å². The van der Waals surface area contributed by atoms with Gasteiger partial charge in [-0.05, 0) is 0 Å². The van der Waals surface area contributed by atoms with E-state index in [4.69, 9.17) is 10.0 Å².